The monoisotopic (exact) mass is 396 g/mol. The predicted molar refractivity (Wildman–Crippen MR) is 97.2 cm³/mol. The number of benzene rings is 1. The van der Waals surface area contributed by atoms with Crippen molar-refractivity contribution in [3.8, 4) is 5.75 Å². The molecule has 1 fully saturated rings. The summed E-state index contributed by atoms with van der Waals surface area (Å²) in [6, 6.07) is 7.08. The van der Waals surface area contributed by atoms with E-state index >= 15 is 0 Å². The summed E-state index contributed by atoms with van der Waals surface area (Å²) in [5.74, 6) is -0.519. The first-order valence-corrected chi connectivity index (χ1v) is 9.10. The van der Waals surface area contributed by atoms with Gasteiger partial charge in [-0.3, -0.25) is 14.4 Å². The summed E-state index contributed by atoms with van der Waals surface area (Å²) in [6.07, 6.45) is -4.74. The fourth-order valence-corrected chi connectivity index (χ4v) is 3.29. The highest BCUT2D eigenvalue weighted by Gasteiger charge is 2.31. The first-order chi connectivity index (χ1) is 13.2. The number of nitrogens with zero attached hydrogens (tertiary/aromatic N) is 4. The maximum absolute atomic E-state index is 12.6. The average Bonchev–Trinajstić information content (AvgIpc) is 2.96. The van der Waals surface area contributed by atoms with Gasteiger partial charge in [-0.25, -0.2) is 0 Å². The van der Waals surface area contributed by atoms with E-state index in [1.165, 1.54) is 12.1 Å². The number of ether oxygens (including phenoxy) is 1. The van der Waals surface area contributed by atoms with E-state index in [9.17, 15) is 18.0 Å². The summed E-state index contributed by atoms with van der Waals surface area (Å²) in [6.45, 7) is 8.31. The Labute approximate surface area is 161 Å². The first-order valence-electron chi connectivity index (χ1n) is 9.10. The van der Waals surface area contributed by atoms with Crippen LogP contribution < -0.4 is 4.74 Å². The smallest absolute Gasteiger partial charge is 0.406 e. The topological polar surface area (TPSA) is 50.6 Å². The van der Waals surface area contributed by atoms with Crippen LogP contribution >= 0.6 is 0 Å². The van der Waals surface area contributed by atoms with E-state index in [-0.39, 0.29) is 11.7 Å². The Morgan fingerprint density at radius 1 is 1.07 bits per heavy atom. The molecule has 1 aromatic carbocycles. The Bertz CT molecular complexity index is 810. The molecule has 1 amide bonds. The van der Waals surface area contributed by atoms with E-state index in [0.29, 0.717) is 18.7 Å². The summed E-state index contributed by atoms with van der Waals surface area (Å²) in [5.41, 5.74) is 2.48. The first kappa shape index (κ1) is 20.2. The molecule has 152 valence electrons. The van der Waals surface area contributed by atoms with Crippen molar-refractivity contribution in [3.05, 3.63) is 47.3 Å². The Kier molecular flexibility index (Phi) is 5.93. The minimum absolute atomic E-state index is 0.184. The van der Waals surface area contributed by atoms with E-state index in [4.69, 9.17) is 0 Å². The Morgan fingerprint density at radius 3 is 2.25 bits per heavy atom. The Hall–Kier alpha value is -2.55. The number of hydrogen-bond donors (Lipinski definition) is 0. The van der Waals surface area contributed by atoms with Gasteiger partial charge in [0.15, 0.2) is 0 Å². The maximum Gasteiger partial charge on any atom is 0.573 e. The molecule has 28 heavy (non-hydrogen) atoms. The number of aromatic nitrogens is 2. The molecule has 0 bridgehead atoms. The van der Waals surface area contributed by atoms with Gasteiger partial charge in [0.1, 0.15) is 5.75 Å². The third kappa shape index (κ3) is 5.25. The molecule has 2 heterocycles. The zero-order valence-electron chi connectivity index (χ0n) is 15.9. The van der Waals surface area contributed by atoms with Crippen molar-refractivity contribution in [2.24, 2.45) is 0 Å². The SMILES string of the molecule is Cc1cc(C)n(CCN2CCN(C(=O)c3ccc(OC(F)(F)F)cc3)CC2)n1. The molecule has 1 saturated heterocycles. The minimum Gasteiger partial charge on any atom is -0.406 e. The van der Waals surface area contributed by atoms with Crippen LogP contribution in [0.2, 0.25) is 0 Å². The van der Waals surface area contributed by atoms with Crippen molar-refractivity contribution in [3.63, 3.8) is 0 Å². The van der Waals surface area contributed by atoms with Gasteiger partial charge in [0.25, 0.3) is 5.91 Å². The normalized spacial score (nSPS) is 15.7. The standard InChI is InChI=1S/C19H23F3N4O2/c1-14-13-15(2)26(23-14)12-9-24-7-10-25(11-8-24)18(27)16-3-5-17(6-4-16)28-19(20,21)22/h3-6,13H,7-12H2,1-2H3. The second kappa shape index (κ2) is 8.22. The van der Waals surface area contributed by atoms with Gasteiger partial charge in [-0.2, -0.15) is 5.10 Å². The van der Waals surface area contributed by atoms with Crippen LogP contribution in [0.3, 0.4) is 0 Å². The minimum atomic E-state index is -4.74. The number of aryl methyl sites for hydroxylation is 2. The quantitative estimate of drug-likeness (QED) is 0.780. The number of alkyl halides is 3. The van der Waals surface area contributed by atoms with Gasteiger partial charge >= 0.3 is 6.36 Å². The maximum atomic E-state index is 12.6. The van der Waals surface area contributed by atoms with Crippen LogP contribution in [0, 0.1) is 13.8 Å². The lowest BCUT2D eigenvalue weighted by atomic mass is 10.1. The molecule has 3 rings (SSSR count). The fourth-order valence-electron chi connectivity index (χ4n) is 3.29. The van der Waals surface area contributed by atoms with Gasteiger partial charge in [-0.1, -0.05) is 0 Å². The number of hydrogen-bond acceptors (Lipinski definition) is 4. The number of amides is 1. The highest BCUT2D eigenvalue weighted by Crippen LogP contribution is 2.23. The molecule has 0 N–H and O–H groups in total. The Morgan fingerprint density at radius 2 is 1.71 bits per heavy atom. The highest BCUT2D eigenvalue weighted by atomic mass is 19.4. The molecular weight excluding hydrogens is 373 g/mol. The fraction of sp³-hybridized carbons (Fsp3) is 0.474. The van der Waals surface area contributed by atoms with Crippen molar-refractivity contribution in [1.29, 1.82) is 0 Å². The second-order valence-electron chi connectivity index (χ2n) is 6.86. The van der Waals surface area contributed by atoms with Crippen LogP contribution in [-0.4, -0.2) is 64.6 Å². The van der Waals surface area contributed by atoms with Crippen molar-refractivity contribution in [2.45, 2.75) is 26.8 Å². The molecule has 0 spiro atoms. The van der Waals surface area contributed by atoms with Crippen LogP contribution in [0.15, 0.2) is 30.3 Å². The molecule has 0 atom stereocenters. The highest BCUT2D eigenvalue weighted by molar-refractivity contribution is 5.94. The molecule has 0 unspecified atom stereocenters. The third-order valence-electron chi connectivity index (χ3n) is 4.73. The molecule has 2 aromatic rings. The summed E-state index contributed by atoms with van der Waals surface area (Å²) in [7, 11) is 0. The third-order valence-corrected chi connectivity index (χ3v) is 4.73. The number of rotatable bonds is 5. The molecule has 0 aliphatic carbocycles. The number of piperazine rings is 1. The lowest BCUT2D eigenvalue weighted by Crippen LogP contribution is -2.49. The van der Waals surface area contributed by atoms with Gasteiger partial charge in [0.2, 0.25) is 0 Å². The molecule has 1 aliphatic heterocycles. The largest absolute Gasteiger partial charge is 0.573 e. The number of halogens is 3. The molecule has 9 heteroatoms. The van der Waals surface area contributed by atoms with E-state index in [0.717, 1.165) is 49.7 Å². The summed E-state index contributed by atoms with van der Waals surface area (Å²) < 4.78 is 42.5. The van der Waals surface area contributed by atoms with Gasteiger partial charge in [0.05, 0.1) is 12.2 Å². The van der Waals surface area contributed by atoms with Gasteiger partial charge in [0, 0.05) is 44.0 Å². The lowest BCUT2D eigenvalue weighted by molar-refractivity contribution is -0.274. The van der Waals surface area contributed by atoms with Crippen LogP contribution in [0.25, 0.3) is 0 Å². The van der Waals surface area contributed by atoms with Gasteiger partial charge in [-0.15, -0.1) is 13.2 Å². The van der Waals surface area contributed by atoms with Gasteiger partial charge < -0.3 is 9.64 Å². The summed E-state index contributed by atoms with van der Waals surface area (Å²) in [5, 5.41) is 4.45. The molecule has 0 radical (unpaired) electrons. The van der Waals surface area contributed by atoms with E-state index < -0.39 is 6.36 Å². The van der Waals surface area contributed by atoms with Crippen LogP contribution in [0.1, 0.15) is 21.7 Å². The molecule has 0 saturated carbocycles. The lowest BCUT2D eigenvalue weighted by Gasteiger charge is -2.34. The van der Waals surface area contributed by atoms with Crippen molar-refractivity contribution >= 4 is 5.91 Å². The predicted octanol–water partition coefficient (Wildman–Crippen LogP) is 2.86. The van der Waals surface area contributed by atoms with E-state index in [2.05, 4.69) is 14.7 Å². The second-order valence-corrected chi connectivity index (χ2v) is 6.86. The number of carbonyl (C=O) groups excluding carboxylic acids is 1. The Balaban J connectivity index is 1.49. The van der Waals surface area contributed by atoms with Crippen LogP contribution in [-0.2, 0) is 6.54 Å². The van der Waals surface area contributed by atoms with Crippen molar-refractivity contribution in [1.82, 2.24) is 19.6 Å². The molecular formula is C19H23F3N4O2. The van der Waals surface area contributed by atoms with Crippen molar-refractivity contribution < 1.29 is 22.7 Å². The average molecular weight is 396 g/mol. The summed E-state index contributed by atoms with van der Waals surface area (Å²) in [4.78, 5) is 16.6. The van der Waals surface area contributed by atoms with E-state index in [1.54, 1.807) is 4.90 Å². The van der Waals surface area contributed by atoms with Gasteiger partial charge in [-0.05, 0) is 44.2 Å². The van der Waals surface area contributed by atoms with E-state index in [1.807, 2.05) is 24.6 Å². The number of carbonyl (C=O) groups is 1. The molecule has 1 aromatic heterocycles. The summed E-state index contributed by atoms with van der Waals surface area (Å²) >= 11 is 0. The van der Waals surface area contributed by atoms with Crippen molar-refractivity contribution in [2.75, 3.05) is 32.7 Å². The molecule has 6 nitrogen and oxygen atoms in total. The van der Waals surface area contributed by atoms with Crippen LogP contribution in [0.4, 0.5) is 13.2 Å². The zero-order valence-corrected chi connectivity index (χ0v) is 15.9. The molecule has 1 aliphatic rings. The zero-order chi connectivity index (χ0) is 20.3. The van der Waals surface area contributed by atoms with Crippen LogP contribution in [0.5, 0.6) is 5.75 Å².